The van der Waals surface area contributed by atoms with E-state index in [0.29, 0.717) is 10.0 Å². The van der Waals surface area contributed by atoms with Gasteiger partial charge in [-0.2, -0.15) is 0 Å². The first-order valence-electron chi connectivity index (χ1n) is 8.75. The summed E-state index contributed by atoms with van der Waals surface area (Å²) in [6.07, 6.45) is 0. The topological polar surface area (TPSA) is 25.8 Å². The molecule has 0 aliphatic carbocycles. The standard InChI is InChI=1S/C23H16Cl2N2S/c24-20-11-6-16(14-21(20)25)15-28-23-13-12-22(26-27-23)19-9-7-18(8-10-19)17-4-2-1-3-5-17/h1-14H,15H2. The van der Waals surface area contributed by atoms with Crippen LogP contribution in [0.15, 0.2) is 90.0 Å². The number of nitrogens with zero attached hydrogens (tertiary/aromatic N) is 2. The van der Waals surface area contributed by atoms with Crippen molar-refractivity contribution < 1.29 is 0 Å². The van der Waals surface area contributed by atoms with Crippen LogP contribution < -0.4 is 0 Å². The number of rotatable bonds is 5. The number of hydrogen-bond acceptors (Lipinski definition) is 3. The van der Waals surface area contributed by atoms with E-state index < -0.39 is 0 Å². The second-order valence-electron chi connectivity index (χ2n) is 6.24. The predicted molar refractivity (Wildman–Crippen MR) is 119 cm³/mol. The molecule has 0 radical (unpaired) electrons. The molecule has 4 aromatic rings. The van der Waals surface area contributed by atoms with E-state index in [4.69, 9.17) is 23.2 Å². The Morgan fingerprint density at radius 3 is 2.04 bits per heavy atom. The van der Waals surface area contributed by atoms with Gasteiger partial charge in [-0.1, -0.05) is 95.6 Å². The zero-order chi connectivity index (χ0) is 19.3. The molecular formula is C23H16Cl2N2S. The van der Waals surface area contributed by atoms with E-state index in [1.165, 1.54) is 11.1 Å². The van der Waals surface area contributed by atoms with Crippen LogP contribution in [-0.4, -0.2) is 10.2 Å². The van der Waals surface area contributed by atoms with Crippen LogP contribution in [0.2, 0.25) is 10.0 Å². The molecule has 2 nitrogen and oxygen atoms in total. The van der Waals surface area contributed by atoms with Gasteiger partial charge in [0.15, 0.2) is 0 Å². The van der Waals surface area contributed by atoms with Crippen LogP contribution in [0.4, 0.5) is 0 Å². The third kappa shape index (κ3) is 4.56. The number of halogens is 2. The minimum atomic E-state index is 0.567. The van der Waals surface area contributed by atoms with Gasteiger partial charge in [-0.05, 0) is 41.0 Å². The molecule has 0 spiro atoms. The van der Waals surface area contributed by atoms with Crippen molar-refractivity contribution in [3.05, 3.63) is 101 Å². The monoisotopic (exact) mass is 422 g/mol. The quantitative estimate of drug-likeness (QED) is 0.313. The highest BCUT2D eigenvalue weighted by Crippen LogP contribution is 2.28. The van der Waals surface area contributed by atoms with Crippen LogP contribution in [0.5, 0.6) is 0 Å². The zero-order valence-electron chi connectivity index (χ0n) is 14.8. The Morgan fingerprint density at radius 1 is 0.643 bits per heavy atom. The van der Waals surface area contributed by atoms with E-state index >= 15 is 0 Å². The van der Waals surface area contributed by atoms with Crippen LogP contribution in [0, 0.1) is 0 Å². The van der Waals surface area contributed by atoms with Crippen molar-refractivity contribution in [2.24, 2.45) is 0 Å². The SMILES string of the molecule is Clc1ccc(CSc2ccc(-c3ccc(-c4ccccc4)cc3)nn2)cc1Cl. The normalized spacial score (nSPS) is 10.8. The third-order valence-electron chi connectivity index (χ3n) is 4.30. The first-order valence-corrected chi connectivity index (χ1v) is 10.5. The van der Waals surface area contributed by atoms with Gasteiger partial charge >= 0.3 is 0 Å². The van der Waals surface area contributed by atoms with E-state index in [1.807, 2.05) is 48.5 Å². The van der Waals surface area contributed by atoms with E-state index in [1.54, 1.807) is 11.8 Å². The second-order valence-corrected chi connectivity index (χ2v) is 8.05. The molecule has 3 aromatic carbocycles. The van der Waals surface area contributed by atoms with Gasteiger partial charge in [0.05, 0.1) is 15.7 Å². The molecule has 0 aliphatic rings. The van der Waals surface area contributed by atoms with Crippen LogP contribution in [-0.2, 0) is 5.75 Å². The Hall–Kier alpha value is -2.33. The maximum atomic E-state index is 6.07. The molecule has 0 amide bonds. The molecule has 0 aliphatic heterocycles. The first-order chi connectivity index (χ1) is 13.7. The average molecular weight is 423 g/mol. The van der Waals surface area contributed by atoms with Gasteiger partial charge in [-0.3, -0.25) is 0 Å². The highest BCUT2D eigenvalue weighted by Gasteiger charge is 2.05. The van der Waals surface area contributed by atoms with Crippen LogP contribution in [0.25, 0.3) is 22.4 Å². The molecule has 0 atom stereocenters. The summed E-state index contributed by atoms with van der Waals surface area (Å²) in [6, 6.07) is 28.4. The fraction of sp³-hybridized carbons (Fsp3) is 0.0435. The third-order valence-corrected chi connectivity index (χ3v) is 6.03. The van der Waals surface area contributed by atoms with Crippen LogP contribution >= 0.6 is 35.0 Å². The molecule has 1 aromatic heterocycles. The lowest BCUT2D eigenvalue weighted by Crippen LogP contribution is -1.90. The highest BCUT2D eigenvalue weighted by atomic mass is 35.5. The van der Waals surface area contributed by atoms with Gasteiger partial charge < -0.3 is 0 Å². The Bertz CT molecular complexity index is 1070. The Labute approximate surface area is 178 Å². The number of thioether (sulfide) groups is 1. The van der Waals surface area contributed by atoms with Crippen molar-refractivity contribution in [2.45, 2.75) is 10.8 Å². The number of aromatic nitrogens is 2. The van der Waals surface area contributed by atoms with Crippen molar-refractivity contribution in [1.29, 1.82) is 0 Å². The molecule has 4 rings (SSSR count). The summed E-state index contributed by atoms with van der Waals surface area (Å²) in [6.45, 7) is 0. The van der Waals surface area contributed by atoms with Crippen molar-refractivity contribution in [3.8, 4) is 22.4 Å². The molecule has 0 bridgehead atoms. The minimum Gasteiger partial charge on any atom is -0.149 e. The summed E-state index contributed by atoms with van der Waals surface area (Å²) >= 11 is 13.6. The molecule has 28 heavy (non-hydrogen) atoms. The summed E-state index contributed by atoms with van der Waals surface area (Å²) in [5.74, 6) is 0.761. The van der Waals surface area contributed by atoms with Crippen molar-refractivity contribution >= 4 is 35.0 Å². The van der Waals surface area contributed by atoms with E-state index in [0.717, 1.165) is 27.6 Å². The van der Waals surface area contributed by atoms with E-state index in [2.05, 4.69) is 46.6 Å². The molecule has 138 valence electrons. The van der Waals surface area contributed by atoms with Gasteiger partial charge in [0.2, 0.25) is 0 Å². The summed E-state index contributed by atoms with van der Waals surface area (Å²) < 4.78 is 0. The fourth-order valence-electron chi connectivity index (χ4n) is 2.80. The average Bonchev–Trinajstić information content (AvgIpc) is 2.76. The Balaban J connectivity index is 1.43. The Kier molecular flexibility index (Phi) is 5.96. The van der Waals surface area contributed by atoms with Crippen LogP contribution in [0.3, 0.4) is 0 Å². The van der Waals surface area contributed by atoms with Gasteiger partial charge in [0, 0.05) is 11.3 Å². The van der Waals surface area contributed by atoms with Gasteiger partial charge in [-0.25, -0.2) is 0 Å². The van der Waals surface area contributed by atoms with Crippen molar-refractivity contribution in [3.63, 3.8) is 0 Å². The maximum absolute atomic E-state index is 6.07. The largest absolute Gasteiger partial charge is 0.149 e. The molecule has 0 saturated carbocycles. The molecular weight excluding hydrogens is 407 g/mol. The van der Waals surface area contributed by atoms with Gasteiger partial charge in [0.1, 0.15) is 5.03 Å². The summed E-state index contributed by atoms with van der Waals surface area (Å²) in [4.78, 5) is 0. The first kappa shape index (κ1) is 19.0. The number of hydrogen-bond donors (Lipinski definition) is 0. The van der Waals surface area contributed by atoms with Gasteiger partial charge in [-0.15, -0.1) is 10.2 Å². The van der Waals surface area contributed by atoms with Crippen molar-refractivity contribution in [2.75, 3.05) is 0 Å². The summed E-state index contributed by atoms with van der Waals surface area (Å²) in [5, 5.41) is 10.7. The second kappa shape index (κ2) is 8.78. The lowest BCUT2D eigenvalue weighted by Gasteiger charge is -2.05. The predicted octanol–water partition coefficient (Wildman–Crippen LogP) is 7.41. The van der Waals surface area contributed by atoms with Gasteiger partial charge in [0.25, 0.3) is 0 Å². The molecule has 0 fully saturated rings. The fourth-order valence-corrected chi connectivity index (χ4v) is 3.88. The van der Waals surface area contributed by atoms with Crippen LogP contribution in [0.1, 0.15) is 5.56 Å². The maximum Gasteiger partial charge on any atom is 0.119 e. The van der Waals surface area contributed by atoms with E-state index in [-0.39, 0.29) is 0 Å². The Morgan fingerprint density at radius 2 is 1.36 bits per heavy atom. The molecule has 5 heteroatoms. The lowest BCUT2D eigenvalue weighted by atomic mass is 10.0. The minimum absolute atomic E-state index is 0.567. The number of benzene rings is 3. The highest BCUT2D eigenvalue weighted by molar-refractivity contribution is 7.98. The molecule has 1 heterocycles. The summed E-state index contributed by atoms with van der Waals surface area (Å²) in [7, 11) is 0. The molecule has 0 N–H and O–H groups in total. The molecule has 0 unspecified atom stereocenters. The summed E-state index contributed by atoms with van der Waals surface area (Å²) in [5.41, 5.74) is 5.40. The zero-order valence-corrected chi connectivity index (χ0v) is 17.2. The van der Waals surface area contributed by atoms with Crippen molar-refractivity contribution in [1.82, 2.24) is 10.2 Å². The smallest absolute Gasteiger partial charge is 0.119 e. The molecule has 0 saturated heterocycles. The lowest BCUT2D eigenvalue weighted by molar-refractivity contribution is 0.935. The van der Waals surface area contributed by atoms with E-state index in [9.17, 15) is 0 Å².